The van der Waals surface area contributed by atoms with Gasteiger partial charge in [-0.2, -0.15) is 0 Å². The van der Waals surface area contributed by atoms with E-state index in [1.807, 2.05) is 6.07 Å². The van der Waals surface area contributed by atoms with Crippen molar-refractivity contribution in [2.24, 2.45) is 0 Å². The Morgan fingerprint density at radius 1 is 1.07 bits per heavy atom. The predicted octanol–water partition coefficient (Wildman–Crippen LogP) is 3.09. The van der Waals surface area contributed by atoms with Crippen LogP contribution in [0.5, 0.6) is 0 Å². The van der Waals surface area contributed by atoms with Crippen LogP contribution in [0.15, 0.2) is 30.3 Å². The summed E-state index contributed by atoms with van der Waals surface area (Å²) < 4.78 is 0. The van der Waals surface area contributed by atoms with E-state index in [0.29, 0.717) is 5.78 Å². The van der Waals surface area contributed by atoms with Gasteiger partial charge >= 0.3 is 0 Å². The zero-order valence-electron chi connectivity index (χ0n) is 8.62. The highest BCUT2D eigenvalue weighted by molar-refractivity contribution is 5.79. The van der Waals surface area contributed by atoms with Crippen LogP contribution in [0.3, 0.4) is 0 Å². The van der Waals surface area contributed by atoms with Crippen LogP contribution in [-0.4, -0.2) is 5.78 Å². The summed E-state index contributed by atoms with van der Waals surface area (Å²) in [6.07, 6.45) is 3.53. The summed E-state index contributed by atoms with van der Waals surface area (Å²) in [5.41, 5.74) is 1.61. The number of hydrogen-bond donors (Lipinski definition) is 0. The summed E-state index contributed by atoms with van der Waals surface area (Å²) in [7, 11) is 0. The smallest absolute Gasteiger partial charge is 0.132 e. The molecule has 0 aliphatic heterocycles. The minimum Gasteiger partial charge on any atom is -0.300 e. The molecule has 1 nitrogen and oxygen atoms in total. The van der Waals surface area contributed by atoms with Crippen molar-refractivity contribution < 1.29 is 4.79 Å². The number of carbonyl (C=O) groups excluding carboxylic acids is 1. The standard InChI is InChI=1S/C13H16O/c1-13(9-7-12(14)8-10-13)11-5-3-2-4-6-11/h2-6H,7-10H2,1H3. The van der Waals surface area contributed by atoms with Crippen molar-refractivity contribution in [3.63, 3.8) is 0 Å². The first-order valence-corrected chi connectivity index (χ1v) is 5.28. The van der Waals surface area contributed by atoms with Gasteiger partial charge in [0.15, 0.2) is 0 Å². The Labute approximate surface area is 85.1 Å². The van der Waals surface area contributed by atoms with E-state index in [1.165, 1.54) is 5.56 Å². The molecule has 1 heteroatoms. The fraction of sp³-hybridized carbons (Fsp3) is 0.462. The maximum Gasteiger partial charge on any atom is 0.132 e. The highest BCUT2D eigenvalue weighted by Crippen LogP contribution is 2.37. The minimum absolute atomic E-state index is 0.231. The molecule has 1 aliphatic carbocycles. The number of carbonyl (C=O) groups is 1. The summed E-state index contributed by atoms with van der Waals surface area (Å²) in [4.78, 5) is 11.2. The van der Waals surface area contributed by atoms with Crippen molar-refractivity contribution >= 4 is 5.78 Å². The van der Waals surface area contributed by atoms with Crippen LogP contribution in [0.25, 0.3) is 0 Å². The second-order valence-electron chi connectivity index (χ2n) is 4.47. The van der Waals surface area contributed by atoms with E-state index in [-0.39, 0.29) is 5.41 Å². The van der Waals surface area contributed by atoms with E-state index in [2.05, 4.69) is 31.2 Å². The second-order valence-corrected chi connectivity index (χ2v) is 4.47. The zero-order chi connectivity index (χ0) is 10.0. The van der Waals surface area contributed by atoms with Crippen LogP contribution in [0, 0.1) is 0 Å². The molecule has 0 N–H and O–H groups in total. The zero-order valence-corrected chi connectivity index (χ0v) is 8.62. The lowest BCUT2D eigenvalue weighted by Crippen LogP contribution is -2.28. The van der Waals surface area contributed by atoms with Gasteiger partial charge in [-0.3, -0.25) is 4.79 Å². The molecule has 0 bridgehead atoms. The summed E-state index contributed by atoms with van der Waals surface area (Å²) in [5.74, 6) is 0.429. The summed E-state index contributed by atoms with van der Waals surface area (Å²) in [5, 5.41) is 0. The van der Waals surface area contributed by atoms with Gasteiger partial charge in [-0.25, -0.2) is 0 Å². The lowest BCUT2D eigenvalue weighted by Gasteiger charge is -2.33. The highest BCUT2D eigenvalue weighted by Gasteiger charge is 2.31. The Morgan fingerprint density at radius 3 is 2.21 bits per heavy atom. The highest BCUT2D eigenvalue weighted by atomic mass is 16.1. The van der Waals surface area contributed by atoms with Gasteiger partial charge in [0.1, 0.15) is 5.78 Å². The van der Waals surface area contributed by atoms with E-state index >= 15 is 0 Å². The number of ketones is 1. The fourth-order valence-electron chi connectivity index (χ4n) is 2.21. The molecule has 1 aromatic rings. The third-order valence-corrected chi connectivity index (χ3v) is 3.38. The molecule has 0 heterocycles. The number of Topliss-reactive ketones (excluding diaryl/α,β-unsaturated/α-hetero) is 1. The first-order chi connectivity index (χ1) is 6.71. The molecular weight excluding hydrogens is 172 g/mol. The summed E-state index contributed by atoms with van der Waals surface area (Å²) in [6.45, 7) is 2.27. The first kappa shape index (κ1) is 9.45. The average Bonchev–Trinajstić information content (AvgIpc) is 2.24. The van der Waals surface area contributed by atoms with Crippen LogP contribution in [0.1, 0.15) is 38.2 Å². The molecule has 1 aliphatic rings. The molecule has 14 heavy (non-hydrogen) atoms. The molecule has 1 saturated carbocycles. The van der Waals surface area contributed by atoms with Crippen LogP contribution in [0.4, 0.5) is 0 Å². The summed E-state index contributed by atoms with van der Waals surface area (Å²) in [6, 6.07) is 10.6. The van der Waals surface area contributed by atoms with Crippen LogP contribution in [0.2, 0.25) is 0 Å². The van der Waals surface area contributed by atoms with Crippen LogP contribution in [-0.2, 0) is 10.2 Å². The van der Waals surface area contributed by atoms with Crippen molar-refractivity contribution in [1.82, 2.24) is 0 Å². The average molecular weight is 188 g/mol. The van der Waals surface area contributed by atoms with Gasteiger partial charge in [0.05, 0.1) is 0 Å². The lowest BCUT2D eigenvalue weighted by molar-refractivity contribution is -0.121. The molecule has 0 aromatic heterocycles. The van der Waals surface area contributed by atoms with E-state index in [9.17, 15) is 4.79 Å². The monoisotopic (exact) mass is 188 g/mol. The lowest BCUT2D eigenvalue weighted by atomic mass is 9.71. The fourth-order valence-corrected chi connectivity index (χ4v) is 2.21. The predicted molar refractivity (Wildman–Crippen MR) is 57.3 cm³/mol. The number of rotatable bonds is 1. The van der Waals surface area contributed by atoms with E-state index < -0.39 is 0 Å². The molecule has 2 rings (SSSR count). The maximum atomic E-state index is 11.2. The van der Waals surface area contributed by atoms with Crippen molar-refractivity contribution in [1.29, 1.82) is 0 Å². The number of benzene rings is 1. The molecule has 0 amide bonds. The molecule has 1 aromatic carbocycles. The van der Waals surface area contributed by atoms with Crippen molar-refractivity contribution in [2.75, 3.05) is 0 Å². The summed E-state index contributed by atoms with van der Waals surface area (Å²) >= 11 is 0. The largest absolute Gasteiger partial charge is 0.300 e. The van der Waals surface area contributed by atoms with Gasteiger partial charge in [0.25, 0.3) is 0 Å². The van der Waals surface area contributed by atoms with Gasteiger partial charge in [-0.05, 0) is 23.8 Å². The Hall–Kier alpha value is -1.11. The van der Waals surface area contributed by atoms with E-state index in [1.54, 1.807) is 0 Å². The van der Waals surface area contributed by atoms with Crippen molar-refractivity contribution in [3.05, 3.63) is 35.9 Å². The van der Waals surface area contributed by atoms with Crippen molar-refractivity contribution in [2.45, 2.75) is 38.0 Å². The minimum atomic E-state index is 0.231. The normalized spacial score (nSPS) is 20.8. The Kier molecular flexibility index (Phi) is 2.40. The van der Waals surface area contributed by atoms with E-state index in [4.69, 9.17) is 0 Å². The molecule has 1 fully saturated rings. The molecule has 0 radical (unpaired) electrons. The quantitative estimate of drug-likeness (QED) is 0.662. The molecule has 0 spiro atoms. The first-order valence-electron chi connectivity index (χ1n) is 5.28. The SMILES string of the molecule is CC1(c2ccccc2)CCC(=O)CC1. The van der Waals surface area contributed by atoms with Gasteiger partial charge in [-0.1, -0.05) is 37.3 Å². The van der Waals surface area contributed by atoms with Gasteiger partial charge < -0.3 is 0 Å². The second kappa shape index (κ2) is 3.56. The van der Waals surface area contributed by atoms with Gasteiger partial charge in [-0.15, -0.1) is 0 Å². The molecular formula is C13H16O. The number of hydrogen-bond acceptors (Lipinski definition) is 1. The van der Waals surface area contributed by atoms with Gasteiger partial charge in [0.2, 0.25) is 0 Å². The van der Waals surface area contributed by atoms with E-state index in [0.717, 1.165) is 25.7 Å². The molecule has 0 saturated heterocycles. The van der Waals surface area contributed by atoms with Gasteiger partial charge in [0, 0.05) is 12.8 Å². The van der Waals surface area contributed by atoms with Crippen molar-refractivity contribution in [3.8, 4) is 0 Å². The molecule has 74 valence electrons. The molecule has 0 atom stereocenters. The van der Waals surface area contributed by atoms with Crippen LogP contribution < -0.4 is 0 Å². The maximum absolute atomic E-state index is 11.2. The third-order valence-electron chi connectivity index (χ3n) is 3.38. The Balaban J connectivity index is 2.21. The molecule has 0 unspecified atom stereocenters. The topological polar surface area (TPSA) is 17.1 Å². The Morgan fingerprint density at radius 2 is 1.64 bits per heavy atom. The van der Waals surface area contributed by atoms with Crippen LogP contribution >= 0.6 is 0 Å². The third kappa shape index (κ3) is 1.72. The Bertz CT molecular complexity index is 316.